The van der Waals surface area contributed by atoms with E-state index in [9.17, 15) is 5.11 Å². The molecule has 0 amide bonds. The number of aromatic nitrogens is 3. The first-order chi connectivity index (χ1) is 33.6. The van der Waals surface area contributed by atoms with Gasteiger partial charge in [0.05, 0.1) is 20.0 Å². The van der Waals surface area contributed by atoms with Crippen LogP contribution in [0, 0.1) is 0 Å². The fourth-order valence-electron chi connectivity index (χ4n) is 8.18. The second-order valence-corrected chi connectivity index (χ2v) is 16.3. The van der Waals surface area contributed by atoms with Crippen LogP contribution in [-0.2, 0) is 0 Å². The number of phenols is 1. The Morgan fingerprint density at radius 3 is 0.824 bits per heavy atom. The number of anilines is 4. The average Bonchev–Trinajstić information content (AvgIpc) is 3.43. The molecule has 8 heteroatoms. The van der Waals surface area contributed by atoms with Crippen molar-refractivity contribution in [2.45, 2.75) is 0 Å². The van der Waals surface area contributed by atoms with Gasteiger partial charge in [-0.15, -0.1) is 0 Å². The Labute approximate surface area is 399 Å². The Hall–Kier alpha value is -9.01. The third-order valence-electron chi connectivity index (χ3n) is 11.6. The van der Waals surface area contributed by atoms with Crippen LogP contribution in [0.3, 0.4) is 0 Å². The molecule has 0 atom stereocenters. The second kappa shape index (κ2) is 21.8. The molecule has 68 heavy (non-hydrogen) atoms. The number of nitrogens with zero attached hydrogens (tertiary/aromatic N) is 6. The maximum Gasteiger partial charge on any atom is 0.428 e. The summed E-state index contributed by atoms with van der Waals surface area (Å²) >= 11 is 0. The van der Waals surface area contributed by atoms with Gasteiger partial charge < -0.3 is 25.5 Å². The van der Waals surface area contributed by atoms with Crippen molar-refractivity contribution < 1.29 is 18.8 Å². The summed E-state index contributed by atoms with van der Waals surface area (Å²) in [5.41, 5.74) is 17.1. The molecule has 1 aliphatic heterocycles. The fourth-order valence-corrected chi connectivity index (χ4v) is 8.18. The molecule has 1 aromatic heterocycles. The Morgan fingerprint density at radius 2 is 0.559 bits per heavy atom. The maximum atomic E-state index is 10.6. The normalized spacial score (nSPS) is 12.0. The molecule has 8 nitrogen and oxygen atoms in total. The summed E-state index contributed by atoms with van der Waals surface area (Å²) in [6, 6.07) is 86.0. The minimum absolute atomic E-state index is 0.261. The monoisotopic (exact) mass is 888 g/mol. The zero-order chi connectivity index (χ0) is 46.3. The van der Waals surface area contributed by atoms with E-state index < -0.39 is 0 Å². The molecule has 1 fully saturated rings. The van der Waals surface area contributed by atoms with Gasteiger partial charge in [0.2, 0.25) is 17.1 Å². The van der Waals surface area contributed by atoms with Gasteiger partial charge in [0.15, 0.2) is 0 Å². The van der Waals surface area contributed by atoms with Crippen LogP contribution in [0.15, 0.2) is 274 Å². The van der Waals surface area contributed by atoms with E-state index in [2.05, 4.69) is 211 Å². The molecule has 0 aliphatic carbocycles. The summed E-state index contributed by atoms with van der Waals surface area (Å²) in [5, 5.41) is 10.6. The first kappa shape index (κ1) is 44.2. The third kappa shape index (κ3) is 11.1. The molecular weight excluding hydrogens is 835 g/mol. The van der Waals surface area contributed by atoms with Crippen LogP contribution in [0.5, 0.6) is 5.75 Å². The van der Waals surface area contributed by atoms with E-state index in [1.165, 1.54) is 17.1 Å². The minimum atomic E-state index is 0.261. The third-order valence-corrected chi connectivity index (χ3v) is 11.6. The highest BCUT2D eigenvalue weighted by Gasteiger charge is 2.26. The SMILES string of the molecule is Nc1cc(-c2ccccc2)c(O)c(-c2ccccc2)c1.c1ccc(-[n+]2c[n+](-c3ccccc3)c[n+](-c3ccccc3)c2)cc1.c1ccc(N2CN(c3ccccc3)CN(c3ccccc3)C2)cc1. The predicted molar refractivity (Wildman–Crippen MR) is 276 cm³/mol. The highest BCUT2D eigenvalue weighted by molar-refractivity contribution is 5.85. The first-order valence-corrected chi connectivity index (χ1v) is 22.7. The van der Waals surface area contributed by atoms with Crippen molar-refractivity contribution in [2.24, 2.45) is 0 Å². The highest BCUT2D eigenvalue weighted by Crippen LogP contribution is 2.40. The van der Waals surface area contributed by atoms with Gasteiger partial charge in [0.25, 0.3) is 0 Å². The molecule has 2 heterocycles. The molecule has 0 bridgehead atoms. The van der Waals surface area contributed by atoms with Crippen molar-refractivity contribution >= 4 is 22.7 Å². The van der Waals surface area contributed by atoms with E-state index in [0.717, 1.165) is 59.3 Å². The van der Waals surface area contributed by atoms with Crippen molar-refractivity contribution in [1.82, 2.24) is 0 Å². The largest absolute Gasteiger partial charge is 0.507 e. The van der Waals surface area contributed by atoms with E-state index in [1.54, 1.807) is 12.1 Å². The molecule has 10 aromatic rings. The summed E-state index contributed by atoms with van der Waals surface area (Å²) in [4.78, 5) is 7.22. The lowest BCUT2D eigenvalue weighted by Crippen LogP contribution is -2.55. The number of nitrogen functional groups attached to an aromatic ring is 1. The van der Waals surface area contributed by atoms with Gasteiger partial charge in [-0.25, -0.2) is 0 Å². The molecule has 11 rings (SSSR count). The van der Waals surface area contributed by atoms with Gasteiger partial charge in [0, 0.05) is 70.3 Å². The lowest BCUT2D eigenvalue weighted by atomic mass is 9.96. The van der Waals surface area contributed by atoms with Gasteiger partial charge in [-0.1, -0.05) is 184 Å². The quantitative estimate of drug-likeness (QED) is 0.0904. The van der Waals surface area contributed by atoms with Crippen LogP contribution >= 0.6 is 0 Å². The predicted octanol–water partition coefficient (Wildman–Crippen LogP) is 11.2. The molecular formula is C60H54N7O+3. The van der Waals surface area contributed by atoms with Gasteiger partial charge in [0.1, 0.15) is 5.75 Å². The van der Waals surface area contributed by atoms with Crippen LogP contribution in [0.25, 0.3) is 39.3 Å². The van der Waals surface area contributed by atoms with E-state index in [4.69, 9.17) is 5.73 Å². The van der Waals surface area contributed by atoms with Gasteiger partial charge in [-0.2, -0.15) is 0 Å². The zero-order valence-corrected chi connectivity index (χ0v) is 37.8. The van der Waals surface area contributed by atoms with Crippen molar-refractivity contribution in [3.63, 3.8) is 0 Å². The lowest BCUT2D eigenvalue weighted by molar-refractivity contribution is -0.858. The molecule has 9 aromatic carbocycles. The van der Waals surface area contributed by atoms with Crippen LogP contribution in [-0.4, -0.2) is 25.1 Å². The molecule has 1 saturated heterocycles. The second-order valence-electron chi connectivity index (χ2n) is 16.3. The molecule has 1 aliphatic rings. The highest BCUT2D eigenvalue weighted by atomic mass is 16.3. The number of aromatic hydroxyl groups is 1. The summed E-state index contributed by atoms with van der Waals surface area (Å²) in [7, 11) is 0. The number of phenolic OH excluding ortho intramolecular Hbond substituents is 1. The lowest BCUT2D eigenvalue weighted by Gasteiger charge is -2.45. The number of rotatable bonds is 8. The van der Waals surface area contributed by atoms with Gasteiger partial charge in [-0.3, -0.25) is 0 Å². The van der Waals surface area contributed by atoms with Crippen molar-refractivity contribution in [1.29, 1.82) is 0 Å². The molecule has 0 unspecified atom stereocenters. The number of benzene rings is 9. The Morgan fingerprint density at radius 1 is 0.324 bits per heavy atom. The van der Waals surface area contributed by atoms with Crippen LogP contribution < -0.4 is 34.1 Å². The summed E-state index contributed by atoms with van der Waals surface area (Å²) in [6.45, 7) is 2.66. The molecule has 0 saturated carbocycles. The fraction of sp³-hybridized carbons (Fsp3) is 0.0500. The molecule has 3 N–H and O–H groups in total. The van der Waals surface area contributed by atoms with E-state index in [1.807, 2.05) is 78.9 Å². The van der Waals surface area contributed by atoms with E-state index in [-0.39, 0.29) is 5.75 Å². The van der Waals surface area contributed by atoms with Crippen molar-refractivity contribution in [3.05, 3.63) is 274 Å². The Balaban J connectivity index is 0.000000128. The van der Waals surface area contributed by atoms with Crippen molar-refractivity contribution in [2.75, 3.05) is 40.4 Å². The summed E-state index contributed by atoms with van der Waals surface area (Å²) < 4.78 is 6.38. The zero-order valence-electron chi connectivity index (χ0n) is 37.8. The van der Waals surface area contributed by atoms with Gasteiger partial charge >= 0.3 is 19.0 Å². The summed E-state index contributed by atoms with van der Waals surface area (Å²) in [6.07, 6.45) is 6.26. The number of nitrogens with two attached hydrogens (primary N) is 1. The smallest absolute Gasteiger partial charge is 0.428 e. The minimum Gasteiger partial charge on any atom is -0.507 e. The van der Waals surface area contributed by atoms with E-state index in [0.29, 0.717) is 5.69 Å². The number of hydrogen-bond donors (Lipinski definition) is 2. The average molecular weight is 889 g/mol. The van der Waals surface area contributed by atoms with Gasteiger partial charge in [-0.05, 0) is 59.7 Å². The summed E-state index contributed by atoms with van der Waals surface area (Å²) in [5.74, 6) is 0.261. The van der Waals surface area contributed by atoms with E-state index >= 15 is 0 Å². The van der Waals surface area contributed by atoms with Crippen LogP contribution in [0.4, 0.5) is 22.7 Å². The maximum absolute atomic E-state index is 10.6. The number of hydrogen-bond acceptors (Lipinski definition) is 5. The molecule has 0 spiro atoms. The number of para-hydroxylation sites is 6. The topological polar surface area (TPSA) is 67.6 Å². The Bertz CT molecular complexity index is 2780. The molecule has 332 valence electrons. The van der Waals surface area contributed by atoms with Crippen LogP contribution in [0.2, 0.25) is 0 Å². The van der Waals surface area contributed by atoms with Crippen LogP contribution in [0.1, 0.15) is 0 Å². The van der Waals surface area contributed by atoms with Crippen molar-refractivity contribution in [3.8, 4) is 45.1 Å². The standard InChI is InChI=1S/C21H21N3.C21H18N3.C18H15NO/c2*1-4-10-19(11-5-1)22-16-23(20-12-6-2-7-13-20)18-24(17-22)21-14-8-3-9-15-21;19-15-11-16(13-7-3-1-4-8-13)18(20)17(12-15)14-9-5-2-6-10-14/h1-15H,16-18H2;1-18H;1-12,20H,19H2/q;+3;. The Kier molecular flexibility index (Phi) is 14.2. The molecule has 0 radical (unpaired) electrons. The first-order valence-electron chi connectivity index (χ1n) is 22.7.